The molecule has 0 aromatic carbocycles. The van der Waals surface area contributed by atoms with Crippen LogP contribution in [-0.2, 0) is 0 Å². The summed E-state index contributed by atoms with van der Waals surface area (Å²) in [4.78, 5) is 18.8. The van der Waals surface area contributed by atoms with E-state index < -0.39 is 0 Å². The Morgan fingerprint density at radius 2 is 1.63 bits per heavy atom. The van der Waals surface area contributed by atoms with E-state index in [0.29, 0.717) is 5.92 Å². The fourth-order valence-electron chi connectivity index (χ4n) is 3.21. The molecule has 0 aliphatic carbocycles. The molecule has 2 rings (SSSR count). The van der Waals surface area contributed by atoms with E-state index in [2.05, 4.69) is 16.8 Å². The first kappa shape index (κ1) is 14.6. The molecular weight excluding hydrogens is 238 g/mol. The number of nitrogens with zero attached hydrogens (tertiary/aromatic N) is 3. The quantitative estimate of drug-likeness (QED) is 0.767. The summed E-state index contributed by atoms with van der Waals surface area (Å²) in [5.41, 5.74) is 0. The molecule has 2 saturated heterocycles. The van der Waals surface area contributed by atoms with Crippen LogP contribution in [0.1, 0.15) is 38.5 Å². The van der Waals surface area contributed by atoms with Gasteiger partial charge >= 0.3 is 6.03 Å². The minimum Gasteiger partial charge on any atom is -0.327 e. The van der Waals surface area contributed by atoms with E-state index in [9.17, 15) is 4.79 Å². The van der Waals surface area contributed by atoms with Crippen molar-refractivity contribution >= 4 is 6.03 Å². The predicted octanol–water partition coefficient (Wildman–Crippen LogP) is 2.26. The molecule has 0 aromatic heterocycles. The summed E-state index contributed by atoms with van der Waals surface area (Å²) in [6.07, 6.45) is 7.37. The third-order valence-corrected chi connectivity index (χ3v) is 4.57. The zero-order valence-corrected chi connectivity index (χ0v) is 12.6. The summed E-state index contributed by atoms with van der Waals surface area (Å²) in [5, 5.41) is 0. The molecule has 2 amide bonds. The molecule has 0 atom stereocenters. The molecule has 110 valence electrons. The van der Waals surface area contributed by atoms with Crippen LogP contribution in [0.25, 0.3) is 0 Å². The van der Waals surface area contributed by atoms with Gasteiger partial charge in [0.05, 0.1) is 0 Å². The Bertz CT molecular complexity index is 279. The van der Waals surface area contributed by atoms with Crippen molar-refractivity contribution in [3.63, 3.8) is 0 Å². The van der Waals surface area contributed by atoms with Crippen LogP contribution in [0.15, 0.2) is 0 Å². The molecule has 2 aliphatic rings. The highest BCUT2D eigenvalue weighted by molar-refractivity contribution is 5.74. The van der Waals surface area contributed by atoms with E-state index >= 15 is 0 Å². The van der Waals surface area contributed by atoms with Gasteiger partial charge in [-0.2, -0.15) is 0 Å². The molecule has 0 saturated carbocycles. The minimum atomic E-state index is 0.251. The summed E-state index contributed by atoms with van der Waals surface area (Å²) in [5.74, 6) is 0.692. The van der Waals surface area contributed by atoms with E-state index in [0.717, 1.165) is 19.6 Å². The predicted molar refractivity (Wildman–Crippen MR) is 78.3 cm³/mol. The number of rotatable bonds is 2. The Morgan fingerprint density at radius 1 is 1.05 bits per heavy atom. The first-order chi connectivity index (χ1) is 9.16. The molecule has 2 aliphatic heterocycles. The number of hydrogen-bond acceptors (Lipinski definition) is 2. The van der Waals surface area contributed by atoms with Crippen LogP contribution in [0.5, 0.6) is 0 Å². The van der Waals surface area contributed by atoms with Crippen molar-refractivity contribution < 1.29 is 4.79 Å². The second-order valence-electron chi connectivity index (χ2n) is 6.31. The fraction of sp³-hybridized carbons (Fsp3) is 0.933. The van der Waals surface area contributed by atoms with Crippen molar-refractivity contribution in [3.8, 4) is 0 Å². The van der Waals surface area contributed by atoms with Crippen molar-refractivity contribution in [3.05, 3.63) is 0 Å². The maximum Gasteiger partial charge on any atom is 0.319 e. The third kappa shape index (κ3) is 4.37. The smallest absolute Gasteiger partial charge is 0.319 e. The normalized spacial score (nSPS) is 23.2. The molecule has 4 nitrogen and oxygen atoms in total. The summed E-state index contributed by atoms with van der Waals surface area (Å²) < 4.78 is 0. The van der Waals surface area contributed by atoms with Crippen LogP contribution >= 0.6 is 0 Å². The molecule has 0 unspecified atom stereocenters. The van der Waals surface area contributed by atoms with E-state index in [-0.39, 0.29) is 6.03 Å². The Balaban J connectivity index is 1.78. The highest BCUT2D eigenvalue weighted by Gasteiger charge is 2.23. The number of urea groups is 1. The SMILES string of the molecule is CN1CCC(CN(C)C(=O)N2CCCCCC2)CC1. The second-order valence-corrected chi connectivity index (χ2v) is 6.31. The van der Waals surface area contributed by atoms with E-state index in [4.69, 9.17) is 0 Å². The minimum absolute atomic E-state index is 0.251. The molecule has 0 aromatic rings. The van der Waals surface area contributed by atoms with Crippen LogP contribution in [-0.4, -0.2) is 67.5 Å². The maximum atomic E-state index is 12.4. The molecular formula is C15H29N3O. The van der Waals surface area contributed by atoms with Gasteiger partial charge in [-0.25, -0.2) is 4.79 Å². The van der Waals surface area contributed by atoms with Gasteiger partial charge in [0.25, 0.3) is 0 Å². The van der Waals surface area contributed by atoms with Crippen LogP contribution in [0.4, 0.5) is 4.79 Å². The van der Waals surface area contributed by atoms with Crippen molar-refractivity contribution in [2.75, 3.05) is 46.8 Å². The lowest BCUT2D eigenvalue weighted by molar-refractivity contribution is 0.142. The van der Waals surface area contributed by atoms with Gasteiger partial charge in [0.15, 0.2) is 0 Å². The zero-order valence-electron chi connectivity index (χ0n) is 12.6. The van der Waals surface area contributed by atoms with Crippen molar-refractivity contribution in [2.24, 2.45) is 5.92 Å². The number of carbonyl (C=O) groups is 1. The van der Waals surface area contributed by atoms with Crippen molar-refractivity contribution in [1.29, 1.82) is 0 Å². The lowest BCUT2D eigenvalue weighted by Gasteiger charge is -2.33. The molecule has 2 fully saturated rings. The molecule has 0 radical (unpaired) electrons. The summed E-state index contributed by atoms with van der Waals surface area (Å²) >= 11 is 0. The Kier molecular flexibility index (Phi) is 5.49. The molecule has 2 heterocycles. The standard InChI is InChI=1S/C15H29N3O/c1-16-11-7-14(8-12-16)13-17(2)15(19)18-9-5-3-4-6-10-18/h14H,3-13H2,1-2H3. The van der Waals surface area contributed by atoms with Crippen LogP contribution in [0.2, 0.25) is 0 Å². The first-order valence-electron chi connectivity index (χ1n) is 7.85. The van der Waals surface area contributed by atoms with Crippen molar-refractivity contribution in [1.82, 2.24) is 14.7 Å². The fourth-order valence-corrected chi connectivity index (χ4v) is 3.21. The lowest BCUT2D eigenvalue weighted by atomic mass is 9.97. The van der Waals surface area contributed by atoms with E-state index in [1.54, 1.807) is 0 Å². The average Bonchev–Trinajstić information content (AvgIpc) is 2.69. The summed E-state index contributed by atoms with van der Waals surface area (Å²) in [7, 11) is 4.16. The van der Waals surface area contributed by atoms with Gasteiger partial charge in [0, 0.05) is 26.7 Å². The van der Waals surface area contributed by atoms with Gasteiger partial charge < -0.3 is 14.7 Å². The largest absolute Gasteiger partial charge is 0.327 e. The average molecular weight is 267 g/mol. The molecule has 4 heteroatoms. The molecule has 0 spiro atoms. The van der Waals surface area contributed by atoms with E-state index in [1.807, 2.05) is 11.9 Å². The number of hydrogen-bond donors (Lipinski definition) is 0. The molecule has 0 N–H and O–H groups in total. The zero-order chi connectivity index (χ0) is 13.7. The first-order valence-corrected chi connectivity index (χ1v) is 7.85. The van der Waals surface area contributed by atoms with Gasteiger partial charge in [-0.15, -0.1) is 0 Å². The lowest BCUT2D eigenvalue weighted by Crippen LogP contribution is -2.44. The van der Waals surface area contributed by atoms with E-state index in [1.165, 1.54) is 51.6 Å². The van der Waals surface area contributed by atoms with Crippen LogP contribution in [0.3, 0.4) is 0 Å². The monoisotopic (exact) mass is 267 g/mol. The van der Waals surface area contributed by atoms with Crippen LogP contribution in [0, 0.1) is 5.92 Å². The molecule has 0 bridgehead atoms. The van der Waals surface area contributed by atoms with Gasteiger partial charge in [0.2, 0.25) is 0 Å². The Morgan fingerprint density at radius 3 is 2.21 bits per heavy atom. The Labute approximate surface area is 117 Å². The van der Waals surface area contributed by atoms with Gasteiger partial charge in [0.1, 0.15) is 0 Å². The third-order valence-electron chi connectivity index (χ3n) is 4.57. The maximum absolute atomic E-state index is 12.4. The number of piperidine rings is 1. The number of likely N-dealkylation sites (tertiary alicyclic amines) is 2. The number of amides is 2. The molecule has 19 heavy (non-hydrogen) atoms. The number of carbonyl (C=O) groups excluding carboxylic acids is 1. The summed E-state index contributed by atoms with van der Waals surface area (Å²) in [6.45, 7) is 5.20. The van der Waals surface area contributed by atoms with Gasteiger partial charge in [-0.1, -0.05) is 12.8 Å². The van der Waals surface area contributed by atoms with Crippen molar-refractivity contribution in [2.45, 2.75) is 38.5 Å². The highest BCUT2D eigenvalue weighted by Crippen LogP contribution is 2.18. The highest BCUT2D eigenvalue weighted by atomic mass is 16.2. The summed E-state index contributed by atoms with van der Waals surface area (Å²) in [6, 6.07) is 0.251. The van der Waals surface area contributed by atoms with Gasteiger partial charge in [-0.3, -0.25) is 0 Å². The second kappa shape index (κ2) is 7.13. The topological polar surface area (TPSA) is 26.8 Å². The van der Waals surface area contributed by atoms with Gasteiger partial charge in [-0.05, 0) is 51.7 Å². The Hall–Kier alpha value is -0.770. The van der Waals surface area contributed by atoms with Crippen LogP contribution < -0.4 is 0 Å².